The fourth-order valence-electron chi connectivity index (χ4n) is 2.34. The Morgan fingerprint density at radius 2 is 1.88 bits per heavy atom. The molecule has 1 aliphatic heterocycles. The number of hydrogen-bond acceptors (Lipinski definition) is 4. The van der Waals surface area contributed by atoms with E-state index in [-0.39, 0.29) is 18.2 Å². The minimum absolute atomic E-state index is 0.0993. The van der Waals surface area contributed by atoms with Gasteiger partial charge in [0.15, 0.2) is 5.17 Å². The zero-order valence-electron chi connectivity index (χ0n) is 13.8. The highest BCUT2D eigenvalue weighted by molar-refractivity contribution is 8.15. The van der Waals surface area contributed by atoms with E-state index in [0.29, 0.717) is 26.6 Å². The molecule has 1 N–H and O–H groups in total. The van der Waals surface area contributed by atoms with Gasteiger partial charge in [-0.15, -0.1) is 0 Å². The van der Waals surface area contributed by atoms with Crippen molar-refractivity contribution < 1.29 is 9.59 Å². The number of aliphatic imine (C=N–C) groups is 1. The Labute approximate surface area is 165 Å². The second kappa shape index (κ2) is 8.12. The van der Waals surface area contributed by atoms with Crippen LogP contribution in [0.2, 0.25) is 10.0 Å². The standard InChI is InChI=1S/C18H15Cl2N3O2S/c1-23-16(24)10-15(17(25)21-13-6-2-4-11(19)8-13)26-18(23)22-14-7-3-5-12(20)9-14/h2-9,15H,10H2,1H3,(H,21,25)/t15-/m1/s1. The normalized spacial score (nSPS) is 18.9. The summed E-state index contributed by atoms with van der Waals surface area (Å²) in [5.74, 6) is -0.437. The summed E-state index contributed by atoms with van der Waals surface area (Å²) in [6.45, 7) is 0. The largest absolute Gasteiger partial charge is 0.325 e. The maximum Gasteiger partial charge on any atom is 0.238 e. The number of amides is 2. The van der Waals surface area contributed by atoms with Crippen molar-refractivity contribution >= 4 is 63.3 Å². The van der Waals surface area contributed by atoms with E-state index in [9.17, 15) is 9.59 Å². The number of amidine groups is 1. The molecule has 0 saturated carbocycles. The molecule has 1 heterocycles. The molecule has 1 aliphatic rings. The van der Waals surface area contributed by atoms with Gasteiger partial charge in [0.1, 0.15) is 5.25 Å². The van der Waals surface area contributed by atoms with E-state index in [1.54, 1.807) is 55.6 Å². The molecule has 5 nitrogen and oxygen atoms in total. The number of anilines is 1. The van der Waals surface area contributed by atoms with E-state index in [4.69, 9.17) is 23.2 Å². The first kappa shape index (κ1) is 18.8. The van der Waals surface area contributed by atoms with Crippen LogP contribution in [0.5, 0.6) is 0 Å². The van der Waals surface area contributed by atoms with Crippen molar-refractivity contribution in [1.29, 1.82) is 0 Å². The smallest absolute Gasteiger partial charge is 0.238 e. The van der Waals surface area contributed by atoms with E-state index in [0.717, 1.165) is 0 Å². The van der Waals surface area contributed by atoms with Gasteiger partial charge in [0.05, 0.1) is 5.69 Å². The summed E-state index contributed by atoms with van der Waals surface area (Å²) < 4.78 is 0. The van der Waals surface area contributed by atoms with Gasteiger partial charge in [-0.2, -0.15) is 0 Å². The number of hydrogen-bond donors (Lipinski definition) is 1. The van der Waals surface area contributed by atoms with Crippen LogP contribution in [0.4, 0.5) is 11.4 Å². The van der Waals surface area contributed by atoms with E-state index >= 15 is 0 Å². The third-order valence-corrected chi connectivity index (χ3v) is 5.40. The van der Waals surface area contributed by atoms with Crippen LogP contribution >= 0.6 is 35.0 Å². The summed E-state index contributed by atoms with van der Waals surface area (Å²) in [6.07, 6.45) is 0.0993. The van der Waals surface area contributed by atoms with Crippen molar-refractivity contribution in [3.63, 3.8) is 0 Å². The maximum absolute atomic E-state index is 12.6. The average Bonchev–Trinajstić information content (AvgIpc) is 2.59. The molecule has 2 aromatic carbocycles. The molecule has 2 amide bonds. The van der Waals surface area contributed by atoms with Crippen LogP contribution in [0.15, 0.2) is 53.5 Å². The molecule has 134 valence electrons. The molecule has 0 aromatic heterocycles. The van der Waals surface area contributed by atoms with E-state index in [1.807, 2.05) is 0 Å². The number of benzene rings is 2. The van der Waals surface area contributed by atoms with Gasteiger partial charge in [-0.1, -0.05) is 47.1 Å². The number of rotatable bonds is 3. The molecule has 8 heteroatoms. The number of thioether (sulfide) groups is 1. The quantitative estimate of drug-likeness (QED) is 0.809. The van der Waals surface area contributed by atoms with Crippen molar-refractivity contribution in [2.75, 3.05) is 12.4 Å². The van der Waals surface area contributed by atoms with Crippen LogP contribution < -0.4 is 5.32 Å². The lowest BCUT2D eigenvalue weighted by molar-refractivity contribution is -0.128. The molecular formula is C18H15Cl2N3O2S. The summed E-state index contributed by atoms with van der Waals surface area (Å²) in [4.78, 5) is 30.8. The first-order valence-corrected chi connectivity index (χ1v) is 9.40. The van der Waals surface area contributed by atoms with E-state index in [2.05, 4.69) is 10.3 Å². The van der Waals surface area contributed by atoms with Crippen molar-refractivity contribution in [1.82, 2.24) is 4.90 Å². The Morgan fingerprint density at radius 1 is 1.19 bits per heavy atom. The lowest BCUT2D eigenvalue weighted by Crippen LogP contribution is -2.43. The molecule has 0 radical (unpaired) electrons. The third-order valence-electron chi connectivity index (χ3n) is 3.69. The minimum Gasteiger partial charge on any atom is -0.325 e. The Morgan fingerprint density at radius 3 is 2.58 bits per heavy atom. The molecule has 0 bridgehead atoms. The van der Waals surface area contributed by atoms with Gasteiger partial charge in [0, 0.05) is 29.2 Å². The summed E-state index contributed by atoms with van der Waals surface area (Å²) >= 11 is 13.2. The lowest BCUT2D eigenvalue weighted by atomic mass is 10.2. The van der Waals surface area contributed by atoms with Gasteiger partial charge < -0.3 is 5.32 Å². The van der Waals surface area contributed by atoms with Gasteiger partial charge in [0.25, 0.3) is 0 Å². The predicted molar refractivity (Wildman–Crippen MR) is 107 cm³/mol. The second-order valence-electron chi connectivity index (χ2n) is 5.64. The van der Waals surface area contributed by atoms with Crippen molar-refractivity contribution in [2.24, 2.45) is 4.99 Å². The molecular weight excluding hydrogens is 393 g/mol. The van der Waals surface area contributed by atoms with Crippen molar-refractivity contribution in [3.05, 3.63) is 58.6 Å². The van der Waals surface area contributed by atoms with Crippen LogP contribution in [0.3, 0.4) is 0 Å². The third kappa shape index (κ3) is 4.58. The SMILES string of the molecule is CN1C(=O)C[C@H](C(=O)Nc2cccc(Cl)c2)SC1=Nc1cccc(Cl)c1. The number of carbonyl (C=O) groups is 2. The number of nitrogens with zero attached hydrogens (tertiary/aromatic N) is 2. The van der Waals surface area contributed by atoms with Crippen LogP contribution in [0, 0.1) is 0 Å². The summed E-state index contributed by atoms with van der Waals surface area (Å²) in [5.41, 5.74) is 1.21. The van der Waals surface area contributed by atoms with Gasteiger partial charge in [-0.05, 0) is 36.4 Å². The van der Waals surface area contributed by atoms with Gasteiger partial charge in [0.2, 0.25) is 11.8 Å². The van der Waals surface area contributed by atoms with Crippen LogP contribution in [0.1, 0.15) is 6.42 Å². The molecule has 1 saturated heterocycles. The molecule has 3 rings (SSSR count). The van der Waals surface area contributed by atoms with Crippen molar-refractivity contribution in [3.8, 4) is 0 Å². The Balaban J connectivity index is 1.79. The first-order chi connectivity index (χ1) is 12.4. The van der Waals surface area contributed by atoms with Gasteiger partial charge in [-0.3, -0.25) is 14.5 Å². The van der Waals surface area contributed by atoms with Crippen LogP contribution in [-0.2, 0) is 9.59 Å². The molecule has 26 heavy (non-hydrogen) atoms. The Bertz CT molecular complexity index is 888. The lowest BCUT2D eigenvalue weighted by Gasteiger charge is -2.28. The minimum atomic E-state index is -0.574. The van der Waals surface area contributed by atoms with Gasteiger partial charge in [-0.25, -0.2) is 4.99 Å². The predicted octanol–water partition coefficient (Wildman–Crippen LogP) is 4.58. The zero-order valence-corrected chi connectivity index (χ0v) is 16.1. The fraction of sp³-hybridized carbons (Fsp3) is 0.167. The number of carbonyl (C=O) groups excluding carboxylic acids is 2. The monoisotopic (exact) mass is 407 g/mol. The summed E-state index contributed by atoms with van der Waals surface area (Å²) in [7, 11) is 1.64. The van der Waals surface area contributed by atoms with Crippen LogP contribution in [-0.4, -0.2) is 34.2 Å². The number of halogens is 2. The highest BCUT2D eigenvalue weighted by Crippen LogP contribution is 2.29. The second-order valence-corrected chi connectivity index (χ2v) is 7.68. The highest BCUT2D eigenvalue weighted by Gasteiger charge is 2.34. The molecule has 0 aliphatic carbocycles. The molecule has 1 atom stereocenters. The average molecular weight is 408 g/mol. The first-order valence-electron chi connectivity index (χ1n) is 7.76. The highest BCUT2D eigenvalue weighted by atomic mass is 35.5. The molecule has 1 fully saturated rings. The Hall–Kier alpha value is -2.02. The molecule has 0 unspecified atom stereocenters. The van der Waals surface area contributed by atoms with E-state index < -0.39 is 5.25 Å². The topological polar surface area (TPSA) is 61.8 Å². The fourth-order valence-corrected chi connectivity index (χ4v) is 3.78. The maximum atomic E-state index is 12.6. The van der Waals surface area contributed by atoms with E-state index in [1.165, 1.54) is 16.7 Å². The van der Waals surface area contributed by atoms with Crippen LogP contribution in [0.25, 0.3) is 0 Å². The number of nitrogens with one attached hydrogen (secondary N) is 1. The van der Waals surface area contributed by atoms with Gasteiger partial charge >= 0.3 is 0 Å². The zero-order chi connectivity index (χ0) is 18.7. The summed E-state index contributed by atoms with van der Waals surface area (Å²) in [6, 6.07) is 13.9. The van der Waals surface area contributed by atoms with Crippen molar-refractivity contribution in [2.45, 2.75) is 11.7 Å². The summed E-state index contributed by atoms with van der Waals surface area (Å²) in [5, 5.41) is 3.75. The Kier molecular flexibility index (Phi) is 5.86. The molecule has 0 spiro atoms. The molecule has 2 aromatic rings.